The normalized spacial score (nSPS) is 13.5. The summed E-state index contributed by atoms with van der Waals surface area (Å²) in [4.78, 5) is 19.6. The predicted molar refractivity (Wildman–Crippen MR) is 123 cm³/mol. The molecule has 0 radical (unpaired) electrons. The van der Waals surface area contributed by atoms with Gasteiger partial charge in [0.15, 0.2) is 5.60 Å². The van der Waals surface area contributed by atoms with Crippen LogP contribution in [0.1, 0.15) is 30.5 Å². The quantitative estimate of drug-likeness (QED) is 0.605. The van der Waals surface area contributed by atoms with E-state index in [1.807, 2.05) is 18.3 Å². The van der Waals surface area contributed by atoms with E-state index in [1.165, 1.54) is 11.1 Å². The number of nitrogens with zero attached hydrogens (tertiary/aromatic N) is 2. The molecule has 5 nitrogen and oxygen atoms in total. The maximum absolute atomic E-state index is 12.6. The molecular formula is C25H26ClN3O2. The summed E-state index contributed by atoms with van der Waals surface area (Å²) in [5.74, 6) is 1.36. The highest BCUT2D eigenvalue weighted by Gasteiger charge is 2.29. The second-order valence-electron chi connectivity index (χ2n) is 8.21. The summed E-state index contributed by atoms with van der Waals surface area (Å²) in [6.07, 6.45) is 2.85. The van der Waals surface area contributed by atoms with Crippen LogP contribution in [0.4, 0.5) is 5.82 Å². The number of anilines is 1. The van der Waals surface area contributed by atoms with Crippen molar-refractivity contribution in [3.8, 4) is 5.75 Å². The van der Waals surface area contributed by atoms with Crippen molar-refractivity contribution in [1.29, 1.82) is 0 Å². The molecule has 0 spiro atoms. The first-order chi connectivity index (χ1) is 14.9. The Bertz CT molecular complexity index is 1050. The summed E-state index contributed by atoms with van der Waals surface area (Å²) in [7, 11) is 0. The molecule has 0 atom stereocenters. The van der Waals surface area contributed by atoms with Crippen LogP contribution in [0.3, 0.4) is 0 Å². The van der Waals surface area contributed by atoms with Crippen molar-refractivity contribution in [1.82, 2.24) is 10.3 Å². The third-order valence-electron chi connectivity index (χ3n) is 5.45. The molecule has 31 heavy (non-hydrogen) atoms. The third kappa shape index (κ3) is 5.17. The van der Waals surface area contributed by atoms with Gasteiger partial charge in [0.05, 0.1) is 0 Å². The molecule has 0 fully saturated rings. The van der Waals surface area contributed by atoms with Crippen molar-refractivity contribution < 1.29 is 9.53 Å². The zero-order chi connectivity index (χ0) is 21.8. The van der Waals surface area contributed by atoms with Crippen molar-refractivity contribution >= 4 is 23.3 Å². The molecule has 4 rings (SSSR count). The minimum absolute atomic E-state index is 0.195. The van der Waals surface area contributed by atoms with E-state index in [-0.39, 0.29) is 5.91 Å². The summed E-state index contributed by atoms with van der Waals surface area (Å²) < 4.78 is 5.84. The van der Waals surface area contributed by atoms with Gasteiger partial charge in [-0.15, -0.1) is 0 Å². The maximum atomic E-state index is 12.6. The predicted octanol–water partition coefficient (Wildman–Crippen LogP) is 4.77. The van der Waals surface area contributed by atoms with E-state index in [0.717, 1.165) is 30.9 Å². The van der Waals surface area contributed by atoms with Gasteiger partial charge in [0.25, 0.3) is 5.91 Å². The fourth-order valence-corrected chi connectivity index (χ4v) is 3.76. The van der Waals surface area contributed by atoms with Gasteiger partial charge in [-0.25, -0.2) is 4.98 Å². The van der Waals surface area contributed by atoms with Crippen LogP contribution in [0, 0.1) is 0 Å². The average Bonchev–Trinajstić information content (AvgIpc) is 2.79. The van der Waals surface area contributed by atoms with E-state index >= 15 is 0 Å². The Balaban J connectivity index is 1.33. The highest BCUT2D eigenvalue weighted by atomic mass is 35.5. The van der Waals surface area contributed by atoms with Crippen LogP contribution in [0.25, 0.3) is 0 Å². The fourth-order valence-electron chi connectivity index (χ4n) is 3.64. The average molecular weight is 436 g/mol. The second-order valence-corrected chi connectivity index (χ2v) is 8.65. The molecule has 1 aliphatic rings. The van der Waals surface area contributed by atoms with E-state index in [2.05, 4.69) is 39.5 Å². The highest BCUT2D eigenvalue weighted by Crippen LogP contribution is 2.23. The highest BCUT2D eigenvalue weighted by molar-refractivity contribution is 6.30. The summed E-state index contributed by atoms with van der Waals surface area (Å²) in [5, 5.41) is 3.56. The van der Waals surface area contributed by atoms with Crippen molar-refractivity contribution in [3.05, 3.63) is 88.6 Å². The first kappa shape index (κ1) is 21.2. The lowest BCUT2D eigenvalue weighted by atomic mass is 10.00. The molecule has 6 heteroatoms. The number of aromatic nitrogens is 1. The Morgan fingerprint density at radius 3 is 2.55 bits per heavy atom. The number of amides is 1. The van der Waals surface area contributed by atoms with Crippen LogP contribution < -0.4 is 15.0 Å². The second kappa shape index (κ2) is 8.98. The Hall–Kier alpha value is -3.05. The van der Waals surface area contributed by atoms with Crippen molar-refractivity contribution in [2.24, 2.45) is 0 Å². The van der Waals surface area contributed by atoms with Gasteiger partial charge in [-0.3, -0.25) is 4.79 Å². The van der Waals surface area contributed by atoms with Crippen molar-refractivity contribution in [2.75, 3.05) is 11.4 Å². The molecule has 160 valence electrons. The number of carbonyl (C=O) groups is 1. The monoisotopic (exact) mass is 435 g/mol. The number of pyridine rings is 1. The van der Waals surface area contributed by atoms with Gasteiger partial charge >= 0.3 is 0 Å². The molecule has 2 heterocycles. The Morgan fingerprint density at radius 1 is 1.10 bits per heavy atom. The number of fused-ring (bicyclic) bond motifs is 1. The van der Waals surface area contributed by atoms with Gasteiger partial charge in [-0.2, -0.15) is 0 Å². The van der Waals surface area contributed by atoms with Gasteiger partial charge in [-0.1, -0.05) is 41.9 Å². The molecule has 1 N–H and O–H groups in total. The van der Waals surface area contributed by atoms with E-state index in [0.29, 0.717) is 17.3 Å². The Morgan fingerprint density at radius 2 is 1.84 bits per heavy atom. The van der Waals surface area contributed by atoms with E-state index in [4.69, 9.17) is 16.3 Å². The third-order valence-corrected chi connectivity index (χ3v) is 5.70. The molecule has 3 aromatic rings. The molecule has 1 aromatic heterocycles. The lowest BCUT2D eigenvalue weighted by molar-refractivity contribution is -0.134. The molecule has 0 bridgehead atoms. The van der Waals surface area contributed by atoms with Crippen LogP contribution in [-0.2, 0) is 24.3 Å². The summed E-state index contributed by atoms with van der Waals surface area (Å²) in [6, 6.07) is 19.6. The largest absolute Gasteiger partial charge is 0.478 e. The van der Waals surface area contributed by atoms with Gasteiger partial charge in [0, 0.05) is 30.9 Å². The molecular weight excluding hydrogens is 410 g/mol. The molecule has 1 aliphatic heterocycles. The van der Waals surface area contributed by atoms with Crippen LogP contribution in [0.15, 0.2) is 66.9 Å². The van der Waals surface area contributed by atoms with Gasteiger partial charge < -0.3 is 15.0 Å². The lowest BCUT2D eigenvalue weighted by Crippen LogP contribution is -2.46. The van der Waals surface area contributed by atoms with Gasteiger partial charge in [-0.05, 0) is 67.3 Å². The molecule has 0 saturated carbocycles. The SMILES string of the molecule is CC(C)(Oc1ccc(Cl)cc1)C(=O)NCc1ccc(N2CCc3ccccc3C2)nc1. The number of carbonyl (C=O) groups excluding carboxylic acids is 1. The van der Waals surface area contributed by atoms with Gasteiger partial charge in [0.2, 0.25) is 0 Å². The number of hydrogen-bond acceptors (Lipinski definition) is 4. The number of ether oxygens (including phenoxy) is 1. The minimum atomic E-state index is -1.01. The summed E-state index contributed by atoms with van der Waals surface area (Å²) >= 11 is 5.90. The zero-order valence-corrected chi connectivity index (χ0v) is 18.5. The summed E-state index contributed by atoms with van der Waals surface area (Å²) in [6.45, 7) is 5.70. The smallest absolute Gasteiger partial charge is 0.263 e. The number of rotatable bonds is 6. The van der Waals surface area contributed by atoms with E-state index in [1.54, 1.807) is 38.1 Å². The minimum Gasteiger partial charge on any atom is -0.478 e. The van der Waals surface area contributed by atoms with Crippen LogP contribution in [0.2, 0.25) is 5.02 Å². The van der Waals surface area contributed by atoms with Gasteiger partial charge in [0.1, 0.15) is 11.6 Å². The molecule has 2 aromatic carbocycles. The number of hydrogen-bond donors (Lipinski definition) is 1. The van der Waals surface area contributed by atoms with Crippen LogP contribution in [0.5, 0.6) is 5.75 Å². The first-order valence-electron chi connectivity index (χ1n) is 10.4. The van der Waals surface area contributed by atoms with Crippen molar-refractivity contribution in [3.63, 3.8) is 0 Å². The molecule has 0 unspecified atom stereocenters. The number of benzene rings is 2. The lowest BCUT2D eigenvalue weighted by Gasteiger charge is -2.29. The Labute approximate surface area is 188 Å². The standard InChI is InChI=1S/C25H26ClN3O2/c1-25(2,31-22-10-8-21(26)9-11-22)24(30)28-16-18-7-12-23(27-15-18)29-14-13-19-5-3-4-6-20(19)17-29/h3-12,15H,13-14,16-17H2,1-2H3,(H,28,30). The molecule has 0 aliphatic carbocycles. The topological polar surface area (TPSA) is 54.5 Å². The molecule has 0 saturated heterocycles. The van der Waals surface area contributed by atoms with Crippen LogP contribution in [-0.4, -0.2) is 23.0 Å². The fraction of sp³-hybridized carbons (Fsp3) is 0.280. The number of halogens is 1. The first-order valence-corrected chi connectivity index (χ1v) is 10.8. The van der Waals surface area contributed by atoms with Crippen molar-refractivity contribution in [2.45, 2.75) is 39.0 Å². The zero-order valence-electron chi connectivity index (χ0n) is 17.8. The summed E-state index contributed by atoms with van der Waals surface area (Å²) in [5.41, 5.74) is 2.70. The maximum Gasteiger partial charge on any atom is 0.263 e. The number of nitrogens with one attached hydrogen (secondary N) is 1. The molecule has 1 amide bonds. The Kier molecular flexibility index (Phi) is 6.14. The van der Waals surface area contributed by atoms with Crippen LogP contribution >= 0.6 is 11.6 Å². The van der Waals surface area contributed by atoms with E-state index < -0.39 is 5.60 Å². The van der Waals surface area contributed by atoms with E-state index in [9.17, 15) is 4.79 Å².